The van der Waals surface area contributed by atoms with Crippen LogP contribution in [0.2, 0.25) is 0 Å². The predicted molar refractivity (Wildman–Crippen MR) is 141 cm³/mol. The highest BCUT2D eigenvalue weighted by Gasteiger charge is 2.22. The maximum absolute atomic E-state index is 6.54. The van der Waals surface area contributed by atoms with Crippen LogP contribution in [0, 0.1) is 0 Å². The lowest BCUT2D eigenvalue weighted by Crippen LogP contribution is -1.94. The van der Waals surface area contributed by atoms with E-state index < -0.39 is 0 Å². The SMILES string of the molecule is Brc1ccc(-c2cc3c4ccccc4n(-c4ccccc4)c3c3c2oc2ccccc23)cc1. The first-order valence-corrected chi connectivity index (χ1v) is 11.8. The summed E-state index contributed by atoms with van der Waals surface area (Å²) in [5.74, 6) is 0. The summed E-state index contributed by atoms with van der Waals surface area (Å²) < 4.78 is 9.98. The van der Waals surface area contributed by atoms with Crippen molar-refractivity contribution in [2.75, 3.05) is 0 Å². The molecule has 2 nitrogen and oxygen atoms in total. The van der Waals surface area contributed by atoms with Crippen LogP contribution in [0.25, 0.3) is 60.6 Å². The van der Waals surface area contributed by atoms with E-state index in [1.807, 2.05) is 6.07 Å². The van der Waals surface area contributed by atoms with Crippen molar-refractivity contribution in [3.8, 4) is 16.8 Å². The Balaban J connectivity index is 1.77. The fraction of sp³-hybridized carbons (Fsp3) is 0. The molecule has 7 rings (SSSR count). The minimum Gasteiger partial charge on any atom is -0.455 e. The van der Waals surface area contributed by atoms with E-state index in [0.29, 0.717) is 0 Å². The summed E-state index contributed by atoms with van der Waals surface area (Å²) in [5.41, 5.74) is 7.60. The molecule has 0 unspecified atom stereocenters. The van der Waals surface area contributed by atoms with E-state index in [1.54, 1.807) is 0 Å². The summed E-state index contributed by atoms with van der Waals surface area (Å²) in [4.78, 5) is 0. The van der Waals surface area contributed by atoms with Crippen molar-refractivity contribution < 1.29 is 4.42 Å². The molecule has 0 radical (unpaired) electrons. The van der Waals surface area contributed by atoms with Gasteiger partial charge in [-0.05, 0) is 48.0 Å². The van der Waals surface area contributed by atoms with Crippen LogP contribution in [0.5, 0.6) is 0 Å². The molecule has 156 valence electrons. The van der Waals surface area contributed by atoms with Crippen molar-refractivity contribution in [2.24, 2.45) is 0 Å². The summed E-state index contributed by atoms with van der Waals surface area (Å²) in [5, 5.41) is 4.76. The third-order valence-electron chi connectivity index (χ3n) is 6.45. The van der Waals surface area contributed by atoms with E-state index in [9.17, 15) is 0 Å². The molecule has 5 aromatic carbocycles. The lowest BCUT2D eigenvalue weighted by molar-refractivity contribution is 0.670. The first kappa shape index (κ1) is 18.7. The van der Waals surface area contributed by atoms with Gasteiger partial charge in [-0.25, -0.2) is 0 Å². The first-order valence-electron chi connectivity index (χ1n) is 11.0. The van der Waals surface area contributed by atoms with Gasteiger partial charge >= 0.3 is 0 Å². The molecule has 2 heterocycles. The predicted octanol–water partition coefficient (Wildman–Crippen LogP) is 9.11. The molecule has 0 spiro atoms. The van der Waals surface area contributed by atoms with Gasteiger partial charge in [0.25, 0.3) is 0 Å². The Morgan fingerprint density at radius 3 is 2.15 bits per heavy atom. The van der Waals surface area contributed by atoms with E-state index >= 15 is 0 Å². The number of nitrogens with zero attached hydrogens (tertiary/aromatic N) is 1. The smallest absolute Gasteiger partial charge is 0.145 e. The van der Waals surface area contributed by atoms with Gasteiger partial charge in [-0.1, -0.05) is 82.7 Å². The van der Waals surface area contributed by atoms with Crippen molar-refractivity contribution in [2.45, 2.75) is 0 Å². The Hall–Kier alpha value is -3.82. The molecule has 0 saturated heterocycles. The van der Waals surface area contributed by atoms with Crippen molar-refractivity contribution in [3.63, 3.8) is 0 Å². The molecule has 0 aliphatic rings. The van der Waals surface area contributed by atoms with Gasteiger partial charge in [-0.2, -0.15) is 0 Å². The van der Waals surface area contributed by atoms with Crippen LogP contribution in [0.4, 0.5) is 0 Å². The van der Waals surface area contributed by atoms with Crippen LogP contribution in [0.3, 0.4) is 0 Å². The monoisotopic (exact) mass is 487 g/mol. The highest BCUT2D eigenvalue weighted by atomic mass is 79.9. The van der Waals surface area contributed by atoms with Crippen molar-refractivity contribution in [3.05, 3.63) is 114 Å². The van der Waals surface area contributed by atoms with E-state index in [4.69, 9.17) is 4.42 Å². The molecule has 7 aromatic rings. The molecule has 0 bridgehead atoms. The number of para-hydroxylation sites is 3. The molecular formula is C30H18BrNO. The number of aromatic nitrogens is 1. The van der Waals surface area contributed by atoms with Gasteiger partial charge < -0.3 is 8.98 Å². The van der Waals surface area contributed by atoms with Crippen molar-refractivity contribution >= 4 is 59.7 Å². The summed E-state index contributed by atoms with van der Waals surface area (Å²) in [6, 6.07) is 38.3. The van der Waals surface area contributed by atoms with E-state index in [-0.39, 0.29) is 0 Å². The van der Waals surface area contributed by atoms with Crippen LogP contribution in [-0.4, -0.2) is 4.57 Å². The average molecular weight is 488 g/mol. The summed E-state index contributed by atoms with van der Waals surface area (Å²) >= 11 is 3.57. The average Bonchev–Trinajstić information content (AvgIpc) is 3.41. The number of rotatable bonds is 2. The normalized spacial score (nSPS) is 11.8. The Morgan fingerprint density at radius 1 is 0.636 bits per heavy atom. The van der Waals surface area contributed by atoms with E-state index in [0.717, 1.165) is 43.2 Å². The number of hydrogen-bond donors (Lipinski definition) is 0. The van der Waals surface area contributed by atoms with Crippen LogP contribution in [0.1, 0.15) is 0 Å². The molecule has 0 saturated carbocycles. The van der Waals surface area contributed by atoms with Crippen LogP contribution in [-0.2, 0) is 0 Å². The quantitative estimate of drug-likeness (QED) is 0.237. The number of halogens is 1. The molecule has 0 N–H and O–H groups in total. The zero-order chi connectivity index (χ0) is 21.9. The van der Waals surface area contributed by atoms with Gasteiger partial charge in [0, 0.05) is 31.9 Å². The molecule has 0 amide bonds. The van der Waals surface area contributed by atoms with E-state index in [1.165, 1.54) is 21.8 Å². The molecular weight excluding hydrogens is 470 g/mol. The maximum Gasteiger partial charge on any atom is 0.145 e. The third kappa shape index (κ3) is 2.73. The van der Waals surface area contributed by atoms with Gasteiger partial charge in [0.1, 0.15) is 11.2 Å². The van der Waals surface area contributed by atoms with Crippen molar-refractivity contribution in [1.82, 2.24) is 4.57 Å². The van der Waals surface area contributed by atoms with Gasteiger partial charge in [-0.3, -0.25) is 0 Å². The standard InChI is InChI=1S/C30H18BrNO/c31-20-16-14-19(15-17-20)24-18-25-22-10-4-6-12-26(22)32(21-8-2-1-3-9-21)29(25)28-23-11-5-7-13-27(23)33-30(24)28/h1-18H. The second kappa shape index (κ2) is 7.09. The summed E-state index contributed by atoms with van der Waals surface area (Å²) in [7, 11) is 0. The fourth-order valence-electron chi connectivity index (χ4n) is 5.03. The minimum absolute atomic E-state index is 0.906. The van der Waals surface area contributed by atoms with E-state index in [2.05, 4.69) is 124 Å². The van der Waals surface area contributed by atoms with Gasteiger partial charge in [0.15, 0.2) is 0 Å². The Morgan fingerprint density at radius 2 is 1.33 bits per heavy atom. The Labute approximate surface area is 198 Å². The second-order valence-electron chi connectivity index (χ2n) is 8.32. The van der Waals surface area contributed by atoms with Crippen LogP contribution < -0.4 is 0 Å². The fourth-order valence-corrected chi connectivity index (χ4v) is 5.29. The number of fused-ring (bicyclic) bond motifs is 7. The largest absolute Gasteiger partial charge is 0.455 e. The molecule has 33 heavy (non-hydrogen) atoms. The summed E-state index contributed by atoms with van der Waals surface area (Å²) in [6.07, 6.45) is 0. The first-order chi connectivity index (χ1) is 16.3. The molecule has 2 aromatic heterocycles. The number of furan rings is 1. The van der Waals surface area contributed by atoms with Gasteiger partial charge in [-0.15, -0.1) is 0 Å². The van der Waals surface area contributed by atoms with Crippen LogP contribution in [0.15, 0.2) is 118 Å². The lowest BCUT2D eigenvalue weighted by atomic mass is 9.98. The van der Waals surface area contributed by atoms with Gasteiger partial charge in [0.2, 0.25) is 0 Å². The molecule has 0 atom stereocenters. The Bertz CT molecular complexity index is 1810. The Kier molecular flexibility index (Phi) is 4.02. The number of hydrogen-bond acceptors (Lipinski definition) is 1. The zero-order valence-electron chi connectivity index (χ0n) is 17.6. The third-order valence-corrected chi connectivity index (χ3v) is 6.98. The highest BCUT2D eigenvalue weighted by Crippen LogP contribution is 2.45. The molecule has 3 heteroatoms. The molecule has 0 fully saturated rings. The second-order valence-corrected chi connectivity index (χ2v) is 9.23. The van der Waals surface area contributed by atoms with Crippen molar-refractivity contribution in [1.29, 1.82) is 0 Å². The number of benzene rings is 5. The maximum atomic E-state index is 6.54. The van der Waals surface area contributed by atoms with Gasteiger partial charge in [0.05, 0.1) is 16.4 Å². The topological polar surface area (TPSA) is 18.1 Å². The minimum atomic E-state index is 0.906. The molecule has 0 aliphatic heterocycles. The summed E-state index contributed by atoms with van der Waals surface area (Å²) in [6.45, 7) is 0. The lowest BCUT2D eigenvalue weighted by Gasteiger charge is -2.10. The van der Waals surface area contributed by atoms with Crippen LogP contribution >= 0.6 is 15.9 Å². The molecule has 0 aliphatic carbocycles. The highest BCUT2D eigenvalue weighted by molar-refractivity contribution is 9.10. The zero-order valence-corrected chi connectivity index (χ0v) is 19.2.